The maximum absolute atomic E-state index is 12.8. The fourth-order valence-electron chi connectivity index (χ4n) is 8.91. The lowest BCUT2D eigenvalue weighted by Gasteiger charge is -2.18. The van der Waals surface area contributed by atoms with Crippen LogP contribution in [0.5, 0.6) is 0 Å². The van der Waals surface area contributed by atoms with Crippen molar-refractivity contribution >= 4 is 17.9 Å². The molecule has 0 aliphatic heterocycles. The Kier molecular flexibility index (Phi) is 59.3. The van der Waals surface area contributed by atoms with Crippen molar-refractivity contribution in [2.75, 3.05) is 13.2 Å². The van der Waals surface area contributed by atoms with Crippen LogP contribution in [-0.2, 0) is 28.6 Å². The van der Waals surface area contributed by atoms with E-state index in [4.69, 9.17) is 14.2 Å². The highest BCUT2D eigenvalue weighted by atomic mass is 16.6. The van der Waals surface area contributed by atoms with E-state index in [2.05, 4.69) is 106 Å². The zero-order valence-electron chi connectivity index (χ0n) is 48.8. The summed E-state index contributed by atoms with van der Waals surface area (Å²) in [5, 5.41) is 0. The third-order valence-corrected chi connectivity index (χ3v) is 13.6. The number of allylic oxidation sites excluding steroid dienone is 14. The van der Waals surface area contributed by atoms with E-state index < -0.39 is 6.10 Å². The molecule has 0 aliphatic carbocycles. The van der Waals surface area contributed by atoms with Gasteiger partial charge in [-0.2, -0.15) is 0 Å². The summed E-state index contributed by atoms with van der Waals surface area (Å²) in [4.78, 5) is 37.9. The summed E-state index contributed by atoms with van der Waals surface area (Å²) in [5.74, 6) is -0.910. The average Bonchev–Trinajstić information content (AvgIpc) is 3.40. The molecule has 0 aromatic carbocycles. The summed E-state index contributed by atoms with van der Waals surface area (Å²) in [5.41, 5.74) is 0. The monoisotopic (exact) mass is 1030 g/mol. The fourth-order valence-corrected chi connectivity index (χ4v) is 8.91. The molecule has 0 rings (SSSR count). The van der Waals surface area contributed by atoms with Crippen molar-refractivity contribution in [3.63, 3.8) is 0 Å². The SMILES string of the molecule is CC/C=C\C/C=C\C/C=C\C/C=C\CCCCCCC(=O)OC(COC(=O)CCCCCCCC)COC(=O)CCCCCCCCCCCCCCCCCCCC/C=C\C/C=C\C/C=C\CCCCCCC. The Morgan fingerprint density at radius 2 is 0.527 bits per heavy atom. The molecule has 0 radical (unpaired) electrons. The molecule has 0 aromatic rings. The molecular formula is C68H118O6. The second-order valence-corrected chi connectivity index (χ2v) is 20.9. The van der Waals surface area contributed by atoms with Crippen molar-refractivity contribution in [2.24, 2.45) is 0 Å². The van der Waals surface area contributed by atoms with E-state index >= 15 is 0 Å². The summed E-state index contributed by atoms with van der Waals surface area (Å²) in [6.45, 7) is 6.45. The van der Waals surface area contributed by atoms with E-state index in [0.717, 1.165) is 109 Å². The van der Waals surface area contributed by atoms with Gasteiger partial charge in [-0.25, -0.2) is 0 Å². The number of carbonyl (C=O) groups excluding carboxylic acids is 3. The highest BCUT2D eigenvalue weighted by Crippen LogP contribution is 2.16. The molecule has 0 saturated carbocycles. The van der Waals surface area contributed by atoms with Gasteiger partial charge in [0.2, 0.25) is 0 Å². The van der Waals surface area contributed by atoms with Crippen LogP contribution in [-0.4, -0.2) is 37.2 Å². The van der Waals surface area contributed by atoms with Crippen LogP contribution in [0.25, 0.3) is 0 Å². The number of carbonyl (C=O) groups is 3. The Morgan fingerprint density at radius 3 is 0.824 bits per heavy atom. The lowest BCUT2D eigenvalue weighted by atomic mass is 10.0. The third-order valence-electron chi connectivity index (χ3n) is 13.6. The molecule has 74 heavy (non-hydrogen) atoms. The van der Waals surface area contributed by atoms with Gasteiger partial charge in [0.15, 0.2) is 6.10 Å². The molecule has 0 amide bonds. The second-order valence-electron chi connectivity index (χ2n) is 20.9. The minimum atomic E-state index is -0.785. The summed E-state index contributed by atoms with van der Waals surface area (Å²) in [6, 6.07) is 0. The number of rotatable bonds is 57. The molecule has 1 atom stereocenters. The first-order valence-electron chi connectivity index (χ1n) is 31.6. The van der Waals surface area contributed by atoms with Crippen LogP contribution in [0.3, 0.4) is 0 Å². The summed E-state index contributed by atoms with van der Waals surface area (Å²) < 4.78 is 16.8. The quantitative estimate of drug-likeness (QED) is 0.0261. The molecule has 0 heterocycles. The Bertz CT molecular complexity index is 1420. The molecule has 0 fully saturated rings. The Labute approximate surface area is 458 Å². The van der Waals surface area contributed by atoms with Gasteiger partial charge >= 0.3 is 17.9 Å². The van der Waals surface area contributed by atoms with E-state index in [9.17, 15) is 14.4 Å². The molecule has 0 aromatic heterocycles. The first-order valence-corrected chi connectivity index (χ1v) is 31.6. The molecule has 0 N–H and O–H groups in total. The Morgan fingerprint density at radius 1 is 0.284 bits per heavy atom. The largest absolute Gasteiger partial charge is 0.462 e. The van der Waals surface area contributed by atoms with Crippen LogP contribution in [0.2, 0.25) is 0 Å². The summed E-state index contributed by atoms with van der Waals surface area (Å²) in [6.07, 6.45) is 82.1. The van der Waals surface area contributed by atoms with Crippen LogP contribution in [0.15, 0.2) is 85.1 Å². The first kappa shape index (κ1) is 70.6. The van der Waals surface area contributed by atoms with Crippen molar-refractivity contribution in [3.8, 4) is 0 Å². The smallest absolute Gasteiger partial charge is 0.306 e. The molecule has 1 unspecified atom stereocenters. The minimum Gasteiger partial charge on any atom is -0.462 e. The number of hydrogen-bond donors (Lipinski definition) is 0. The number of hydrogen-bond acceptors (Lipinski definition) is 6. The van der Waals surface area contributed by atoms with Crippen molar-refractivity contribution in [1.82, 2.24) is 0 Å². The number of esters is 3. The molecule has 6 heteroatoms. The van der Waals surface area contributed by atoms with Gasteiger partial charge in [-0.05, 0) is 96.3 Å². The zero-order chi connectivity index (χ0) is 53.6. The molecule has 6 nitrogen and oxygen atoms in total. The minimum absolute atomic E-state index is 0.0840. The molecule has 0 spiro atoms. The third kappa shape index (κ3) is 59.5. The van der Waals surface area contributed by atoms with Crippen LogP contribution in [0.1, 0.15) is 310 Å². The van der Waals surface area contributed by atoms with Gasteiger partial charge < -0.3 is 14.2 Å². The highest BCUT2D eigenvalue weighted by molar-refractivity contribution is 5.71. The molecule has 0 saturated heterocycles. The standard InChI is InChI=1S/C68H118O6/c1-4-7-10-13-16-18-20-22-24-26-27-28-29-30-31-32-33-34-35-36-37-38-39-40-41-43-44-46-48-50-52-55-58-61-67(70)73-64-65(63-72-66(69)60-57-54-15-12-9-6-3)74-68(71)62-59-56-53-51-49-47-45-42-25-23-21-19-17-14-11-8-5-2/h8,11,17,19-20,22-23,25-27,29-30,45,47,65H,4-7,9-10,12-16,18,21,24,28,31-44,46,48-64H2,1-3H3/b11-8-,19-17-,22-20-,25-23-,27-26-,30-29-,47-45-. The Hall–Kier alpha value is -3.41. The number of unbranched alkanes of at least 4 members (excludes halogenated alkanes) is 32. The highest BCUT2D eigenvalue weighted by Gasteiger charge is 2.19. The van der Waals surface area contributed by atoms with Gasteiger partial charge in [0.1, 0.15) is 13.2 Å². The van der Waals surface area contributed by atoms with Crippen LogP contribution in [0.4, 0.5) is 0 Å². The van der Waals surface area contributed by atoms with Gasteiger partial charge in [0.05, 0.1) is 0 Å². The van der Waals surface area contributed by atoms with Crippen LogP contribution >= 0.6 is 0 Å². The zero-order valence-corrected chi connectivity index (χ0v) is 48.8. The van der Waals surface area contributed by atoms with Crippen molar-refractivity contribution in [1.29, 1.82) is 0 Å². The molecule has 426 valence electrons. The van der Waals surface area contributed by atoms with Crippen LogP contribution < -0.4 is 0 Å². The first-order chi connectivity index (χ1) is 36.5. The van der Waals surface area contributed by atoms with Crippen molar-refractivity contribution in [2.45, 2.75) is 316 Å². The molecule has 0 aliphatic rings. The number of ether oxygens (including phenoxy) is 3. The lowest BCUT2D eigenvalue weighted by Crippen LogP contribution is -2.30. The predicted molar refractivity (Wildman–Crippen MR) is 321 cm³/mol. The molecule has 0 bridgehead atoms. The topological polar surface area (TPSA) is 78.9 Å². The maximum Gasteiger partial charge on any atom is 0.306 e. The van der Waals surface area contributed by atoms with E-state index in [-0.39, 0.29) is 31.1 Å². The van der Waals surface area contributed by atoms with Gasteiger partial charge in [-0.15, -0.1) is 0 Å². The van der Waals surface area contributed by atoms with Gasteiger partial charge in [0.25, 0.3) is 0 Å². The van der Waals surface area contributed by atoms with Crippen molar-refractivity contribution < 1.29 is 28.6 Å². The van der Waals surface area contributed by atoms with Gasteiger partial charge in [0, 0.05) is 19.3 Å². The van der Waals surface area contributed by atoms with E-state index in [1.54, 1.807) is 0 Å². The van der Waals surface area contributed by atoms with Gasteiger partial charge in [-0.3, -0.25) is 14.4 Å². The normalized spacial score (nSPS) is 12.6. The average molecular weight is 1030 g/mol. The van der Waals surface area contributed by atoms with Gasteiger partial charge in [-0.1, -0.05) is 279 Å². The maximum atomic E-state index is 12.8. The van der Waals surface area contributed by atoms with Crippen molar-refractivity contribution in [3.05, 3.63) is 85.1 Å². The summed E-state index contributed by atoms with van der Waals surface area (Å²) >= 11 is 0. The van der Waals surface area contributed by atoms with Crippen LogP contribution in [0, 0.1) is 0 Å². The van der Waals surface area contributed by atoms with E-state index in [0.29, 0.717) is 19.3 Å². The van der Waals surface area contributed by atoms with E-state index in [1.165, 1.54) is 161 Å². The predicted octanol–water partition coefficient (Wildman–Crippen LogP) is 21.5. The Balaban J connectivity index is 4.00. The molecular weight excluding hydrogens is 913 g/mol. The van der Waals surface area contributed by atoms with E-state index in [1.807, 2.05) is 0 Å². The summed E-state index contributed by atoms with van der Waals surface area (Å²) in [7, 11) is 0. The lowest BCUT2D eigenvalue weighted by molar-refractivity contribution is -0.167. The second kappa shape index (κ2) is 62.1. The fraction of sp³-hybridized carbons (Fsp3) is 0.750.